The standard InChI is InChI=1S/C11H15BrN2O2/c1-14(7-8-3-4-9(12)16-8)10(15)11(13)5-2-6-11/h3-4H,2,5-7,13H2,1H3. The Morgan fingerprint density at radius 1 is 1.62 bits per heavy atom. The molecule has 0 atom stereocenters. The summed E-state index contributed by atoms with van der Waals surface area (Å²) in [7, 11) is 1.76. The van der Waals surface area contributed by atoms with Crippen LogP contribution in [0, 0.1) is 0 Å². The van der Waals surface area contributed by atoms with Crippen LogP contribution in [0.5, 0.6) is 0 Å². The monoisotopic (exact) mass is 286 g/mol. The van der Waals surface area contributed by atoms with Crippen LogP contribution in [0.3, 0.4) is 0 Å². The maximum atomic E-state index is 12.0. The summed E-state index contributed by atoms with van der Waals surface area (Å²) in [6, 6.07) is 3.66. The molecule has 88 valence electrons. The minimum atomic E-state index is -0.626. The molecule has 1 aliphatic rings. The van der Waals surface area contributed by atoms with Crippen LogP contribution in [0.25, 0.3) is 0 Å². The van der Waals surface area contributed by atoms with E-state index in [4.69, 9.17) is 10.2 Å². The van der Waals surface area contributed by atoms with Gasteiger partial charge in [0.2, 0.25) is 5.91 Å². The Bertz CT molecular complexity index is 398. The van der Waals surface area contributed by atoms with Gasteiger partial charge in [-0.25, -0.2) is 0 Å². The minimum Gasteiger partial charge on any atom is -0.452 e. The molecule has 1 saturated carbocycles. The van der Waals surface area contributed by atoms with E-state index in [0.29, 0.717) is 11.2 Å². The summed E-state index contributed by atoms with van der Waals surface area (Å²) in [6.07, 6.45) is 2.62. The maximum absolute atomic E-state index is 12.0. The fourth-order valence-electron chi connectivity index (χ4n) is 1.89. The second-order valence-corrected chi connectivity index (χ2v) is 5.16. The third-order valence-corrected chi connectivity index (χ3v) is 3.47. The van der Waals surface area contributed by atoms with Crippen LogP contribution in [0.2, 0.25) is 0 Å². The molecular weight excluding hydrogens is 272 g/mol. The fraction of sp³-hybridized carbons (Fsp3) is 0.545. The van der Waals surface area contributed by atoms with Gasteiger partial charge in [0.1, 0.15) is 5.76 Å². The van der Waals surface area contributed by atoms with E-state index < -0.39 is 5.54 Å². The molecule has 1 amide bonds. The number of nitrogens with zero attached hydrogens (tertiary/aromatic N) is 1. The van der Waals surface area contributed by atoms with Gasteiger partial charge in [0.25, 0.3) is 0 Å². The van der Waals surface area contributed by atoms with Gasteiger partial charge in [-0.1, -0.05) is 0 Å². The molecule has 0 saturated heterocycles. The van der Waals surface area contributed by atoms with Crippen molar-refractivity contribution >= 4 is 21.8 Å². The zero-order chi connectivity index (χ0) is 11.8. The van der Waals surface area contributed by atoms with Crippen LogP contribution in [-0.2, 0) is 11.3 Å². The van der Waals surface area contributed by atoms with Crippen molar-refractivity contribution in [3.8, 4) is 0 Å². The van der Waals surface area contributed by atoms with E-state index in [0.717, 1.165) is 25.0 Å². The zero-order valence-corrected chi connectivity index (χ0v) is 10.8. The molecule has 4 nitrogen and oxygen atoms in total. The number of halogens is 1. The predicted molar refractivity (Wildman–Crippen MR) is 63.7 cm³/mol. The number of nitrogens with two attached hydrogens (primary N) is 1. The van der Waals surface area contributed by atoms with Crippen molar-refractivity contribution in [2.45, 2.75) is 31.3 Å². The second-order valence-electron chi connectivity index (χ2n) is 4.38. The molecule has 1 aromatic heterocycles. The minimum absolute atomic E-state index is 0.00581. The summed E-state index contributed by atoms with van der Waals surface area (Å²) in [5.41, 5.74) is 5.35. The van der Waals surface area contributed by atoms with Gasteiger partial charge < -0.3 is 15.1 Å². The van der Waals surface area contributed by atoms with Crippen molar-refractivity contribution < 1.29 is 9.21 Å². The van der Waals surface area contributed by atoms with E-state index in [1.807, 2.05) is 12.1 Å². The Labute approximate surface area is 103 Å². The summed E-state index contributed by atoms with van der Waals surface area (Å²) >= 11 is 3.23. The van der Waals surface area contributed by atoms with Crippen LogP contribution in [-0.4, -0.2) is 23.4 Å². The predicted octanol–water partition coefficient (Wildman–Crippen LogP) is 1.88. The first-order chi connectivity index (χ1) is 7.51. The van der Waals surface area contributed by atoms with Gasteiger partial charge in [0.05, 0.1) is 12.1 Å². The van der Waals surface area contributed by atoms with Gasteiger partial charge in [-0.2, -0.15) is 0 Å². The molecule has 0 spiro atoms. The molecular formula is C11H15BrN2O2. The number of amides is 1. The van der Waals surface area contributed by atoms with Gasteiger partial charge in [-0.05, 0) is 47.3 Å². The van der Waals surface area contributed by atoms with E-state index in [1.54, 1.807) is 11.9 Å². The lowest BCUT2D eigenvalue weighted by Crippen LogP contribution is -2.58. The van der Waals surface area contributed by atoms with Crippen molar-refractivity contribution in [1.29, 1.82) is 0 Å². The number of likely N-dealkylation sites (N-methyl/N-ethyl adjacent to an activating group) is 1. The highest BCUT2D eigenvalue weighted by Gasteiger charge is 2.41. The smallest absolute Gasteiger partial charge is 0.242 e. The van der Waals surface area contributed by atoms with Gasteiger partial charge in [0.15, 0.2) is 4.67 Å². The average Bonchev–Trinajstić information content (AvgIpc) is 2.59. The summed E-state index contributed by atoms with van der Waals surface area (Å²) in [4.78, 5) is 13.6. The summed E-state index contributed by atoms with van der Waals surface area (Å²) in [5.74, 6) is 0.761. The third-order valence-electron chi connectivity index (χ3n) is 3.04. The first-order valence-electron chi connectivity index (χ1n) is 5.30. The highest BCUT2D eigenvalue weighted by Crippen LogP contribution is 2.31. The quantitative estimate of drug-likeness (QED) is 0.923. The van der Waals surface area contributed by atoms with Crippen molar-refractivity contribution in [2.75, 3.05) is 7.05 Å². The molecule has 1 heterocycles. The van der Waals surface area contributed by atoms with Crippen LogP contribution < -0.4 is 5.73 Å². The van der Waals surface area contributed by atoms with Crippen molar-refractivity contribution in [1.82, 2.24) is 4.90 Å². The van der Waals surface area contributed by atoms with Gasteiger partial charge in [0, 0.05) is 7.05 Å². The van der Waals surface area contributed by atoms with Gasteiger partial charge in [-0.15, -0.1) is 0 Å². The van der Waals surface area contributed by atoms with Crippen LogP contribution >= 0.6 is 15.9 Å². The average molecular weight is 287 g/mol. The molecule has 0 radical (unpaired) electrons. The zero-order valence-electron chi connectivity index (χ0n) is 9.20. The summed E-state index contributed by atoms with van der Waals surface area (Å²) < 4.78 is 6.03. The first-order valence-corrected chi connectivity index (χ1v) is 6.09. The van der Waals surface area contributed by atoms with E-state index in [9.17, 15) is 4.79 Å². The molecule has 1 aromatic rings. The maximum Gasteiger partial charge on any atom is 0.242 e. The Hall–Kier alpha value is -0.810. The molecule has 16 heavy (non-hydrogen) atoms. The van der Waals surface area contributed by atoms with E-state index in [1.165, 1.54) is 0 Å². The molecule has 0 aliphatic heterocycles. The van der Waals surface area contributed by atoms with Crippen LogP contribution in [0.15, 0.2) is 21.2 Å². The second kappa shape index (κ2) is 4.22. The Morgan fingerprint density at radius 2 is 2.31 bits per heavy atom. The Balaban J connectivity index is 1.97. The molecule has 1 fully saturated rings. The largest absolute Gasteiger partial charge is 0.452 e. The number of rotatable bonds is 3. The molecule has 2 N–H and O–H groups in total. The molecule has 0 unspecified atom stereocenters. The normalized spacial score (nSPS) is 17.9. The van der Waals surface area contributed by atoms with E-state index in [2.05, 4.69) is 15.9 Å². The number of furan rings is 1. The number of hydrogen-bond donors (Lipinski definition) is 1. The van der Waals surface area contributed by atoms with Gasteiger partial charge in [-0.3, -0.25) is 4.79 Å². The third kappa shape index (κ3) is 2.15. The van der Waals surface area contributed by atoms with Crippen molar-refractivity contribution in [3.63, 3.8) is 0 Å². The topological polar surface area (TPSA) is 59.5 Å². The lowest BCUT2D eigenvalue weighted by Gasteiger charge is -2.39. The first kappa shape index (κ1) is 11.7. The molecule has 1 aliphatic carbocycles. The van der Waals surface area contributed by atoms with Crippen LogP contribution in [0.1, 0.15) is 25.0 Å². The lowest BCUT2D eigenvalue weighted by atomic mass is 9.76. The van der Waals surface area contributed by atoms with Crippen LogP contribution in [0.4, 0.5) is 0 Å². The Morgan fingerprint density at radius 3 is 2.75 bits per heavy atom. The fourth-order valence-corrected chi connectivity index (χ4v) is 2.23. The van der Waals surface area contributed by atoms with Gasteiger partial charge >= 0.3 is 0 Å². The molecule has 5 heteroatoms. The van der Waals surface area contributed by atoms with E-state index >= 15 is 0 Å². The van der Waals surface area contributed by atoms with Crippen molar-refractivity contribution in [3.05, 3.63) is 22.6 Å². The van der Waals surface area contributed by atoms with E-state index in [-0.39, 0.29) is 5.91 Å². The highest BCUT2D eigenvalue weighted by molar-refractivity contribution is 9.10. The SMILES string of the molecule is CN(Cc1ccc(Br)o1)C(=O)C1(N)CCC1. The Kier molecular flexibility index (Phi) is 3.08. The summed E-state index contributed by atoms with van der Waals surface area (Å²) in [6.45, 7) is 0.462. The lowest BCUT2D eigenvalue weighted by molar-refractivity contribution is -0.139. The van der Waals surface area contributed by atoms with Crippen molar-refractivity contribution in [2.24, 2.45) is 5.73 Å². The molecule has 0 bridgehead atoms. The number of hydrogen-bond acceptors (Lipinski definition) is 3. The number of carbonyl (C=O) groups excluding carboxylic acids is 1. The highest BCUT2D eigenvalue weighted by atomic mass is 79.9. The molecule has 2 rings (SSSR count). The molecule has 0 aromatic carbocycles. The summed E-state index contributed by atoms with van der Waals surface area (Å²) in [5, 5.41) is 0. The number of carbonyl (C=O) groups is 1.